The van der Waals surface area contributed by atoms with Gasteiger partial charge in [0.05, 0.1) is 19.8 Å². The summed E-state index contributed by atoms with van der Waals surface area (Å²) in [7, 11) is 0. The predicted molar refractivity (Wildman–Crippen MR) is 125 cm³/mol. The van der Waals surface area contributed by atoms with Crippen molar-refractivity contribution in [1.82, 2.24) is 4.98 Å². The first-order chi connectivity index (χ1) is 16.1. The van der Waals surface area contributed by atoms with Gasteiger partial charge in [-0.1, -0.05) is 24.3 Å². The van der Waals surface area contributed by atoms with Crippen LogP contribution < -0.4 is 5.73 Å². The first kappa shape index (κ1) is 20.1. The van der Waals surface area contributed by atoms with Crippen LogP contribution in [-0.4, -0.2) is 30.8 Å². The van der Waals surface area contributed by atoms with Crippen molar-refractivity contribution in [2.45, 2.75) is 24.8 Å². The zero-order valence-corrected chi connectivity index (χ0v) is 18.2. The van der Waals surface area contributed by atoms with Crippen molar-refractivity contribution in [3.8, 4) is 11.1 Å². The number of aliphatic imine (C=N–C) groups is 1. The van der Waals surface area contributed by atoms with E-state index in [-0.39, 0.29) is 11.8 Å². The molecular weight excluding hydrogens is 417 g/mol. The number of pyridine rings is 1. The van der Waals surface area contributed by atoms with Crippen molar-refractivity contribution in [3.05, 3.63) is 94.6 Å². The number of rotatable bonds is 2. The maximum Gasteiger partial charge on any atom is 0.283 e. The van der Waals surface area contributed by atoms with Gasteiger partial charge >= 0.3 is 0 Å². The van der Waals surface area contributed by atoms with E-state index in [2.05, 4.69) is 29.2 Å². The average molecular weight is 442 g/mol. The number of benzene rings is 2. The molecule has 1 unspecified atom stereocenters. The Kier molecular flexibility index (Phi) is 4.76. The lowest BCUT2D eigenvalue weighted by atomic mass is 9.69. The quantitative estimate of drug-likeness (QED) is 0.632. The van der Waals surface area contributed by atoms with Gasteiger partial charge in [0, 0.05) is 25.2 Å². The normalized spacial score (nSPS) is 21.5. The van der Waals surface area contributed by atoms with Crippen molar-refractivity contribution in [3.63, 3.8) is 0 Å². The third-order valence-corrected chi connectivity index (χ3v) is 6.91. The van der Waals surface area contributed by atoms with Crippen molar-refractivity contribution < 1.29 is 13.9 Å². The Hall–Kier alpha value is -3.51. The van der Waals surface area contributed by atoms with Gasteiger partial charge in [-0.2, -0.15) is 0 Å². The second-order valence-electron chi connectivity index (χ2n) is 8.74. The second-order valence-corrected chi connectivity index (χ2v) is 8.74. The molecule has 0 radical (unpaired) electrons. The van der Waals surface area contributed by atoms with Crippen molar-refractivity contribution in [1.29, 1.82) is 0 Å². The van der Waals surface area contributed by atoms with E-state index in [0.717, 1.165) is 45.4 Å². The van der Waals surface area contributed by atoms with Gasteiger partial charge in [0.25, 0.3) is 6.02 Å². The van der Waals surface area contributed by atoms with Gasteiger partial charge in [-0.15, -0.1) is 0 Å². The molecule has 6 heteroatoms. The fraction of sp³-hybridized carbons (Fsp3) is 0.259. The molecule has 1 spiro atoms. The van der Waals surface area contributed by atoms with E-state index in [4.69, 9.17) is 20.2 Å². The molecule has 166 valence electrons. The van der Waals surface area contributed by atoms with Crippen LogP contribution in [0.25, 0.3) is 16.7 Å². The molecule has 2 aromatic carbocycles. The molecule has 6 rings (SSSR count). The molecule has 1 atom stereocenters. The molecule has 3 aliphatic rings. The number of amidine groups is 1. The molecule has 1 aromatic heterocycles. The Morgan fingerprint density at radius 1 is 1.00 bits per heavy atom. The molecule has 0 fully saturated rings. The van der Waals surface area contributed by atoms with E-state index >= 15 is 4.39 Å². The van der Waals surface area contributed by atoms with E-state index in [0.29, 0.717) is 38.2 Å². The second kappa shape index (κ2) is 7.81. The van der Waals surface area contributed by atoms with Gasteiger partial charge in [0.2, 0.25) is 0 Å². The minimum Gasteiger partial charge on any atom is -0.465 e. The molecule has 3 aromatic rings. The van der Waals surface area contributed by atoms with Crippen LogP contribution in [0.1, 0.15) is 40.7 Å². The summed E-state index contributed by atoms with van der Waals surface area (Å²) in [5.74, 6) is -0.198. The summed E-state index contributed by atoms with van der Waals surface area (Å²) in [6, 6.07) is 14.2. The lowest BCUT2D eigenvalue weighted by Crippen LogP contribution is -2.40. The van der Waals surface area contributed by atoms with Crippen LogP contribution in [0.4, 0.5) is 4.39 Å². The van der Waals surface area contributed by atoms with Gasteiger partial charge in [-0.05, 0) is 75.2 Å². The van der Waals surface area contributed by atoms with Crippen LogP contribution in [0.3, 0.4) is 0 Å². The summed E-state index contributed by atoms with van der Waals surface area (Å²) in [6.45, 7) is 1.62. The fourth-order valence-corrected chi connectivity index (χ4v) is 5.29. The smallest absolute Gasteiger partial charge is 0.283 e. The minimum atomic E-state index is -0.786. The molecule has 0 bridgehead atoms. The summed E-state index contributed by atoms with van der Waals surface area (Å²) in [5, 5.41) is 0. The highest BCUT2D eigenvalue weighted by molar-refractivity contribution is 5.76. The lowest BCUT2D eigenvalue weighted by Gasteiger charge is -2.40. The molecular formula is C27H24FN3O2. The fourth-order valence-electron chi connectivity index (χ4n) is 5.29. The Labute approximate surface area is 191 Å². The zero-order chi connectivity index (χ0) is 22.4. The summed E-state index contributed by atoms with van der Waals surface area (Å²) >= 11 is 0. The molecule has 0 saturated carbocycles. The monoisotopic (exact) mass is 441 g/mol. The van der Waals surface area contributed by atoms with Crippen LogP contribution in [-0.2, 0) is 21.4 Å². The standard InChI is InChI=1S/C27H24FN3O2/c28-25-15-21(17-5-9-32-10-6-17)14-24-22(25)12-19-4-3-18(20-2-1-8-30-16-20)13-23(19)27(24)7-11-33-26(29)31-27/h1-5,8,13-16H,6-7,9-12H2,(H2,29,31). The Balaban J connectivity index is 1.58. The number of fused-ring (bicyclic) bond motifs is 4. The van der Waals surface area contributed by atoms with Crippen LogP contribution in [0.2, 0.25) is 0 Å². The Bertz CT molecular complexity index is 1300. The summed E-state index contributed by atoms with van der Waals surface area (Å²) < 4.78 is 26.6. The van der Waals surface area contributed by atoms with E-state index in [9.17, 15) is 0 Å². The number of nitrogens with zero attached hydrogens (tertiary/aromatic N) is 2. The highest BCUT2D eigenvalue weighted by atomic mass is 19.1. The van der Waals surface area contributed by atoms with Crippen molar-refractivity contribution in [2.75, 3.05) is 19.8 Å². The molecule has 0 saturated heterocycles. The third-order valence-electron chi connectivity index (χ3n) is 6.91. The maximum atomic E-state index is 15.6. The molecule has 33 heavy (non-hydrogen) atoms. The third kappa shape index (κ3) is 3.33. The summed E-state index contributed by atoms with van der Waals surface area (Å²) in [5.41, 5.74) is 13.1. The van der Waals surface area contributed by atoms with E-state index in [1.807, 2.05) is 24.4 Å². The highest BCUT2D eigenvalue weighted by Crippen LogP contribution is 2.49. The molecule has 5 nitrogen and oxygen atoms in total. The van der Waals surface area contributed by atoms with Crippen molar-refractivity contribution >= 4 is 11.6 Å². The Morgan fingerprint density at radius 3 is 2.70 bits per heavy atom. The SMILES string of the molecule is NC1=NC2(CCO1)c1cc(-c3cccnc3)ccc1Cc1c(F)cc(C3=CCOCC3)cc12. The molecule has 1 aliphatic carbocycles. The van der Waals surface area contributed by atoms with Crippen LogP contribution in [0.5, 0.6) is 0 Å². The van der Waals surface area contributed by atoms with Gasteiger partial charge < -0.3 is 15.2 Å². The highest BCUT2D eigenvalue weighted by Gasteiger charge is 2.44. The minimum absolute atomic E-state index is 0.142. The lowest BCUT2D eigenvalue weighted by molar-refractivity contribution is 0.161. The average Bonchev–Trinajstić information content (AvgIpc) is 2.86. The summed E-state index contributed by atoms with van der Waals surface area (Å²) in [4.78, 5) is 9.13. The number of hydrogen-bond donors (Lipinski definition) is 1. The molecule has 0 amide bonds. The molecule has 3 heterocycles. The van der Waals surface area contributed by atoms with Gasteiger partial charge in [0.15, 0.2) is 0 Å². The summed E-state index contributed by atoms with van der Waals surface area (Å²) in [6.07, 6.45) is 7.53. The van der Waals surface area contributed by atoms with E-state index in [1.54, 1.807) is 12.3 Å². The molecule has 2 aliphatic heterocycles. The topological polar surface area (TPSA) is 69.7 Å². The number of ether oxygens (including phenoxy) is 2. The predicted octanol–water partition coefficient (Wildman–Crippen LogP) is 4.57. The van der Waals surface area contributed by atoms with Crippen LogP contribution in [0, 0.1) is 5.82 Å². The largest absolute Gasteiger partial charge is 0.465 e. The van der Waals surface area contributed by atoms with Crippen LogP contribution in [0.15, 0.2) is 65.9 Å². The number of nitrogens with two attached hydrogens (primary N) is 1. The first-order valence-electron chi connectivity index (χ1n) is 11.3. The molecule has 2 N–H and O–H groups in total. The number of hydrogen-bond acceptors (Lipinski definition) is 5. The first-order valence-corrected chi connectivity index (χ1v) is 11.3. The van der Waals surface area contributed by atoms with Crippen LogP contribution >= 0.6 is 0 Å². The maximum absolute atomic E-state index is 15.6. The van der Waals surface area contributed by atoms with Gasteiger partial charge in [-0.25, -0.2) is 9.38 Å². The number of halogens is 1. The zero-order valence-electron chi connectivity index (χ0n) is 18.2. The Morgan fingerprint density at radius 2 is 1.91 bits per heavy atom. The van der Waals surface area contributed by atoms with Gasteiger partial charge in [-0.3, -0.25) is 4.98 Å². The van der Waals surface area contributed by atoms with E-state index < -0.39 is 5.54 Å². The number of aromatic nitrogens is 1. The van der Waals surface area contributed by atoms with Crippen molar-refractivity contribution in [2.24, 2.45) is 10.7 Å². The van der Waals surface area contributed by atoms with E-state index in [1.165, 1.54) is 0 Å². The van der Waals surface area contributed by atoms with Gasteiger partial charge in [0.1, 0.15) is 11.4 Å².